The van der Waals surface area contributed by atoms with E-state index < -0.39 is 24.2 Å². The average molecular weight is 331 g/mol. The van der Waals surface area contributed by atoms with E-state index in [1.54, 1.807) is 6.07 Å². The van der Waals surface area contributed by atoms with Crippen molar-refractivity contribution in [1.82, 2.24) is 4.98 Å². The fourth-order valence-electron chi connectivity index (χ4n) is 1.98. The number of hydrogen-bond acceptors (Lipinski definition) is 5. The smallest absolute Gasteiger partial charge is 0.306 e. The highest BCUT2D eigenvalue weighted by Crippen LogP contribution is 2.42. The Balaban J connectivity index is 2.42. The zero-order valence-electron chi connectivity index (χ0n) is 12.2. The van der Waals surface area contributed by atoms with Crippen LogP contribution in [0.4, 0.5) is 8.78 Å². The maximum atomic E-state index is 14.2. The summed E-state index contributed by atoms with van der Waals surface area (Å²) in [5.74, 6) is -5.06. The van der Waals surface area contributed by atoms with Crippen LogP contribution in [-0.4, -0.2) is 30.3 Å². The summed E-state index contributed by atoms with van der Waals surface area (Å²) in [6, 6.07) is 2.84. The van der Waals surface area contributed by atoms with Gasteiger partial charge >= 0.3 is 5.97 Å². The highest BCUT2D eigenvalue weighted by Gasteiger charge is 2.37. The van der Waals surface area contributed by atoms with Gasteiger partial charge in [-0.3, -0.25) is 4.79 Å². The highest BCUT2D eigenvalue weighted by atomic mass is 32.1. The van der Waals surface area contributed by atoms with Crippen molar-refractivity contribution in [2.24, 2.45) is 5.92 Å². The van der Waals surface area contributed by atoms with Crippen molar-refractivity contribution in [3.63, 3.8) is 0 Å². The first-order valence-electron chi connectivity index (χ1n) is 6.42. The Morgan fingerprint density at radius 1 is 1.41 bits per heavy atom. The molecule has 0 saturated carbocycles. The summed E-state index contributed by atoms with van der Waals surface area (Å²) in [5, 5.41) is 8.79. The SMILES string of the molecule is COc1cc2sc(C(F)(F)C[C@H](C)C(=O)O)cc2nc1OC. The van der Waals surface area contributed by atoms with Gasteiger partial charge in [-0.25, -0.2) is 13.8 Å². The number of carboxylic acid groups (broad SMARTS) is 1. The highest BCUT2D eigenvalue weighted by molar-refractivity contribution is 7.19. The molecule has 0 radical (unpaired) electrons. The fourth-order valence-corrected chi connectivity index (χ4v) is 2.99. The maximum absolute atomic E-state index is 14.2. The number of alkyl halides is 2. The lowest BCUT2D eigenvalue weighted by atomic mass is 10.0. The summed E-state index contributed by atoms with van der Waals surface area (Å²) in [6.07, 6.45) is -0.760. The van der Waals surface area contributed by atoms with Crippen LogP contribution in [0.5, 0.6) is 11.6 Å². The van der Waals surface area contributed by atoms with E-state index in [1.165, 1.54) is 27.2 Å². The molecule has 2 aromatic rings. The molecule has 0 aliphatic heterocycles. The molecule has 0 aromatic carbocycles. The van der Waals surface area contributed by atoms with Crippen molar-refractivity contribution < 1.29 is 28.2 Å². The van der Waals surface area contributed by atoms with Crippen LogP contribution < -0.4 is 9.47 Å². The predicted molar refractivity (Wildman–Crippen MR) is 78.0 cm³/mol. The summed E-state index contributed by atoms with van der Waals surface area (Å²) >= 11 is 0.866. The van der Waals surface area contributed by atoms with E-state index in [2.05, 4.69) is 4.98 Å². The van der Waals surface area contributed by atoms with Crippen LogP contribution >= 0.6 is 11.3 Å². The Kier molecular flexibility index (Phi) is 4.50. The van der Waals surface area contributed by atoms with Gasteiger partial charge in [0.15, 0.2) is 5.75 Å². The normalized spacial score (nSPS) is 13.1. The molecule has 0 unspecified atom stereocenters. The number of rotatable bonds is 6. The maximum Gasteiger partial charge on any atom is 0.306 e. The van der Waals surface area contributed by atoms with Crippen molar-refractivity contribution in [2.75, 3.05) is 14.2 Å². The van der Waals surface area contributed by atoms with Gasteiger partial charge in [0, 0.05) is 12.5 Å². The van der Waals surface area contributed by atoms with Crippen molar-refractivity contribution in [2.45, 2.75) is 19.3 Å². The first kappa shape index (κ1) is 16.4. The number of aromatic nitrogens is 1. The van der Waals surface area contributed by atoms with E-state index in [4.69, 9.17) is 14.6 Å². The van der Waals surface area contributed by atoms with Gasteiger partial charge in [0.05, 0.1) is 35.2 Å². The van der Waals surface area contributed by atoms with E-state index in [9.17, 15) is 13.6 Å². The summed E-state index contributed by atoms with van der Waals surface area (Å²) in [7, 11) is 2.84. The Hall–Kier alpha value is -1.96. The first-order valence-corrected chi connectivity index (χ1v) is 7.23. The number of carbonyl (C=O) groups is 1. The number of halogens is 2. The van der Waals surface area contributed by atoms with E-state index in [0.717, 1.165) is 11.3 Å². The largest absolute Gasteiger partial charge is 0.491 e. The van der Waals surface area contributed by atoms with Gasteiger partial charge in [0.2, 0.25) is 0 Å². The number of carboxylic acids is 1. The molecule has 2 aromatic heterocycles. The molecule has 120 valence electrons. The minimum atomic E-state index is -3.23. The molecule has 0 aliphatic rings. The van der Waals surface area contributed by atoms with Gasteiger partial charge in [-0.15, -0.1) is 11.3 Å². The van der Waals surface area contributed by atoms with Crippen LogP contribution in [-0.2, 0) is 10.7 Å². The molecule has 1 atom stereocenters. The number of aliphatic carboxylic acids is 1. The zero-order chi connectivity index (χ0) is 16.5. The number of hydrogen-bond donors (Lipinski definition) is 1. The third-order valence-electron chi connectivity index (χ3n) is 3.19. The molecule has 22 heavy (non-hydrogen) atoms. The summed E-state index contributed by atoms with van der Waals surface area (Å²) in [4.78, 5) is 14.7. The van der Waals surface area contributed by atoms with Crippen LogP contribution in [0.1, 0.15) is 18.2 Å². The molecule has 8 heteroatoms. The molecule has 5 nitrogen and oxygen atoms in total. The summed E-state index contributed by atoms with van der Waals surface area (Å²) < 4.78 is 39.1. The van der Waals surface area contributed by atoms with E-state index in [-0.39, 0.29) is 10.8 Å². The van der Waals surface area contributed by atoms with Crippen LogP contribution in [0.2, 0.25) is 0 Å². The van der Waals surface area contributed by atoms with Crippen molar-refractivity contribution in [3.05, 3.63) is 17.0 Å². The number of thiophene rings is 1. The number of nitrogens with zero attached hydrogens (tertiary/aromatic N) is 1. The van der Waals surface area contributed by atoms with E-state index in [0.29, 0.717) is 16.0 Å². The molecule has 1 N–H and O–H groups in total. The Morgan fingerprint density at radius 2 is 2.09 bits per heavy atom. The van der Waals surface area contributed by atoms with Crippen molar-refractivity contribution in [1.29, 1.82) is 0 Å². The Morgan fingerprint density at radius 3 is 2.64 bits per heavy atom. The molecule has 2 rings (SSSR count). The van der Waals surface area contributed by atoms with Gasteiger partial charge in [-0.05, 0) is 6.07 Å². The van der Waals surface area contributed by atoms with Gasteiger partial charge in [-0.1, -0.05) is 6.92 Å². The number of fused-ring (bicyclic) bond motifs is 1. The van der Waals surface area contributed by atoms with Gasteiger partial charge in [-0.2, -0.15) is 0 Å². The second-order valence-corrected chi connectivity index (χ2v) is 5.93. The molecular formula is C14H15F2NO4S. The Bertz CT molecular complexity index is 660. The minimum absolute atomic E-state index is 0.210. The topological polar surface area (TPSA) is 68.7 Å². The second kappa shape index (κ2) is 6.04. The minimum Gasteiger partial charge on any atom is -0.491 e. The molecule has 0 amide bonds. The van der Waals surface area contributed by atoms with Crippen LogP contribution in [0.3, 0.4) is 0 Å². The van der Waals surface area contributed by atoms with Gasteiger partial charge in [0.25, 0.3) is 11.8 Å². The molecular weight excluding hydrogens is 316 g/mol. The first-order chi connectivity index (χ1) is 10.3. The van der Waals surface area contributed by atoms with Crippen LogP contribution in [0, 0.1) is 5.92 Å². The fraction of sp³-hybridized carbons (Fsp3) is 0.429. The lowest BCUT2D eigenvalue weighted by Crippen LogP contribution is -2.21. The van der Waals surface area contributed by atoms with Crippen molar-refractivity contribution >= 4 is 27.5 Å². The van der Waals surface area contributed by atoms with Gasteiger partial charge in [0.1, 0.15) is 0 Å². The van der Waals surface area contributed by atoms with Gasteiger partial charge < -0.3 is 14.6 Å². The molecule has 0 saturated heterocycles. The molecule has 0 bridgehead atoms. The molecule has 0 fully saturated rings. The average Bonchev–Trinajstić information content (AvgIpc) is 2.88. The zero-order valence-corrected chi connectivity index (χ0v) is 13.0. The lowest BCUT2D eigenvalue weighted by molar-refractivity contribution is -0.144. The quantitative estimate of drug-likeness (QED) is 0.877. The summed E-state index contributed by atoms with van der Waals surface area (Å²) in [6.45, 7) is 1.26. The van der Waals surface area contributed by atoms with E-state index >= 15 is 0 Å². The number of ether oxygens (including phenoxy) is 2. The Labute approximate surface area is 129 Å². The number of methoxy groups -OCH3 is 2. The molecule has 0 aliphatic carbocycles. The standard InChI is InChI=1S/C14H15F2NO4S/c1-7(13(18)19)6-14(15,16)11-4-8-10(22-11)5-9(20-2)12(17-8)21-3/h4-5,7H,6H2,1-3H3,(H,18,19)/t7-/m0/s1. The van der Waals surface area contributed by atoms with E-state index in [1.807, 2.05) is 0 Å². The third kappa shape index (κ3) is 3.11. The third-order valence-corrected chi connectivity index (χ3v) is 4.38. The second-order valence-electron chi connectivity index (χ2n) is 4.84. The molecule has 0 spiro atoms. The predicted octanol–water partition coefficient (Wildman–Crippen LogP) is 3.52. The lowest BCUT2D eigenvalue weighted by Gasteiger charge is -2.16. The van der Waals surface area contributed by atoms with Crippen LogP contribution in [0.15, 0.2) is 12.1 Å². The molecule has 2 heterocycles. The monoisotopic (exact) mass is 331 g/mol. The van der Waals surface area contributed by atoms with Crippen molar-refractivity contribution in [3.8, 4) is 11.6 Å². The number of pyridine rings is 1. The summed E-state index contributed by atoms with van der Waals surface area (Å²) in [5.41, 5.74) is 0.361. The van der Waals surface area contributed by atoms with Crippen LogP contribution in [0.25, 0.3) is 10.2 Å².